The van der Waals surface area contributed by atoms with E-state index >= 15 is 0 Å². The third kappa shape index (κ3) is 2.98. The van der Waals surface area contributed by atoms with Gasteiger partial charge in [0.1, 0.15) is 5.75 Å². The normalized spacial score (nSPS) is 11.5. The Balaban J connectivity index is 3.13. The second-order valence-corrected chi connectivity index (χ2v) is 3.88. The molecule has 1 aromatic carbocycles. The fraction of sp³-hybridized carbons (Fsp3) is 0.300. The predicted octanol–water partition coefficient (Wildman–Crippen LogP) is 3.38. The SMILES string of the molecule is O=C(CCBr)c1ccc(O)c(C(F)(F)F)c1. The van der Waals surface area contributed by atoms with Crippen LogP contribution in [0.15, 0.2) is 18.2 Å². The van der Waals surface area contributed by atoms with Crippen molar-refractivity contribution in [1.82, 2.24) is 0 Å². The zero-order valence-corrected chi connectivity index (χ0v) is 9.60. The molecule has 0 atom stereocenters. The summed E-state index contributed by atoms with van der Waals surface area (Å²) in [6.07, 6.45) is -4.54. The van der Waals surface area contributed by atoms with E-state index in [0.717, 1.165) is 6.07 Å². The van der Waals surface area contributed by atoms with Crippen molar-refractivity contribution < 1.29 is 23.1 Å². The number of halogens is 4. The van der Waals surface area contributed by atoms with Crippen molar-refractivity contribution in [3.05, 3.63) is 29.3 Å². The smallest absolute Gasteiger partial charge is 0.419 e. The van der Waals surface area contributed by atoms with E-state index in [1.807, 2.05) is 0 Å². The first-order chi connectivity index (χ1) is 7.36. The lowest BCUT2D eigenvalue weighted by atomic mass is 10.0. The summed E-state index contributed by atoms with van der Waals surface area (Å²) in [6.45, 7) is 0. The van der Waals surface area contributed by atoms with Crippen LogP contribution in [-0.2, 0) is 6.18 Å². The van der Waals surface area contributed by atoms with Crippen LogP contribution in [0.4, 0.5) is 13.2 Å². The summed E-state index contributed by atoms with van der Waals surface area (Å²) >= 11 is 3.03. The first kappa shape index (κ1) is 13.0. The molecule has 0 radical (unpaired) electrons. The van der Waals surface area contributed by atoms with Crippen LogP contribution >= 0.6 is 15.9 Å². The van der Waals surface area contributed by atoms with Gasteiger partial charge in [-0.1, -0.05) is 15.9 Å². The fourth-order valence-corrected chi connectivity index (χ4v) is 1.53. The van der Waals surface area contributed by atoms with Gasteiger partial charge in [0.05, 0.1) is 5.56 Å². The summed E-state index contributed by atoms with van der Waals surface area (Å²) in [6, 6.07) is 2.72. The van der Waals surface area contributed by atoms with Crippen molar-refractivity contribution in [2.75, 3.05) is 5.33 Å². The maximum Gasteiger partial charge on any atom is 0.419 e. The number of carbonyl (C=O) groups is 1. The third-order valence-electron chi connectivity index (χ3n) is 1.95. The molecule has 0 saturated carbocycles. The van der Waals surface area contributed by atoms with Gasteiger partial charge in [-0.25, -0.2) is 0 Å². The predicted molar refractivity (Wildman–Crippen MR) is 55.9 cm³/mol. The van der Waals surface area contributed by atoms with Crippen LogP contribution in [-0.4, -0.2) is 16.2 Å². The zero-order valence-electron chi connectivity index (χ0n) is 8.01. The summed E-state index contributed by atoms with van der Waals surface area (Å²) in [4.78, 5) is 11.4. The minimum atomic E-state index is -4.66. The monoisotopic (exact) mass is 296 g/mol. The van der Waals surface area contributed by atoms with Crippen molar-refractivity contribution in [3.63, 3.8) is 0 Å². The van der Waals surface area contributed by atoms with Crippen molar-refractivity contribution in [3.8, 4) is 5.75 Å². The Morgan fingerprint density at radius 3 is 2.50 bits per heavy atom. The van der Waals surface area contributed by atoms with E-state index in [4.69, 9.17) is 5.11 Å². The van der Waals surface area contributed by atoms with Gasteiger partial charge in [0.15, 0.2) is 5.78 Å². The van der Waals surface area contributed by atoms with Crippen molar-refractivity contribution in [2.24, 2.45) is 0 Å². The number of aromatic hydroxyl groups is 1. The lowest BCUT2D eigenvalue weighted by Crippen LogP contribution is -2.08. The summed E-state index contributed by atoms with van der Waals surface area (Å²) in [5.74, 6) is -1.27. The van der Waals surface area contributed by atoms with Gasteiger partial charge in [0.2, 0.25) is 0 Å². The molecule has 0 aliphatic heterocycles. The van der Waals surface area contributed by atoms with Crippen LogP contribution in [0.3, 0.4) is 0 Å². The molecule has 0 aliphatic rings. The number of phenols is 1. The molecule has 0 aromatic heterocycles. The molecule has 1 N–H and O–H groups in total. The lowest BCUT2D eigenvalue weighted by molar-refractivity contribution is -0.138. The Labute approximate surface area is 98.2 Å². The molecule has 6 heteroatoms. The number of benzene rings is 1. The van der Waals surface area contributed by atoms with Gasteiger partial charge in [-0.15, -0.1) is 0 Å². The number of alkyl halides is 4. The zero-order chi connectivity index (χ0) is 12.3. The first-order valence-corrected chi connectivity index (χ1v) is 5.47. The number of Topliss-reactive ketones (excluding diaryl/α,β-unsaturated/α-hetero) is 1. The number of hydrogen-bond donors (Lipinski definition) is 1. The second kappa shape index (κ2) is 4.86. The Bertz CT molecular complexity index is 402. The summed E-state index contributed by atoms with van der Waals surface area (Å²) in [5, 5.41) is 9.42. The van der Waals surface area contributed by atoms with E-state index in [9.17, 15) is 18.0 Å². The van der Waals surface area contributed by atoms with Crippen molar-refractivity contribution >= 4 is 21.7 Å². The van der Waals surface area contributed by atoms with Crippen molar-refractivity contribution in [1.29, 1.82) is 0 Å². The molecule has 0 bridgehead atoms. The standard InChI is InChI=1S/C10H8BrF3O2/c11-4-3-8(15)6-1-2-9(16)7(5-6)10(12,13)14/h1-2,5,16H,3-4H2. The average Bonchev–Trinajstić information content (AvgIpc) is 2.16. The van der Waals surface area contributed by atoms with Gasteiger partial charge in [0, 0.05) is 17.3 Å². The number of hydrogen-bond acceptors (Lipinski definition) is 2. The number of phenolic OH excluding ortho intramolecular Hbond substituents is 1. The highest BCUT2D eigenvalue weighted by atomic mass is 79.9. The number of carbonyl (C=O) groups excluding carboxylic acids is 1. The quantitative estimate of drug-likeness (QED) is 0.686. The molecule has 0 spiro atoms. The van der Waals surface area contributed by atoms with Crippen LogP contribution in [0, 0.1) is 0 Å². The topological polar surface area (TPSA) is 37.3 Å². The van der Waals surface area contributed by atoms with Crippen molar-refractivity contribution in [2.45, 2.75) is 12.6 Å². The highest BCUT2D eigenvalue weighted by Crippen LogP contribution is 2.36. The highest BCUT2D eigenvalue weighted by Gasteiger charge is 2.34. The minimum Gasteiger partial charge on any atom is -0.507 e. The van der Waals surface area contributed by atoms with E-state index in [0.29, 0.717) is 11.4 Å². The fourth-order valence-electron chi connectivity index (χ4n) is 1.17. The molecule has 0 heterocycles. The number of ketones is 1. The molecule has 0 saturated heterocycles. The van der Waals surface area contributed by atoms with Crippen LogP contribution in [0.1, 0.15) is 22.3 Å². The van der Waals surface area contributed by atoms with Crippen LogP contribution < -0.4 is 0 Å². The van der Waals surface area contributed by atoms with E-state index in [1.54, 1.807) is 0 Å². The van der Waals surface area contributed by atoms with Gasteiger partial charge in [-0.3, -0.25) is 4.79 Å². The molecule has 0 unspecified atom stereocenters. The van der Waals surface area contributed by atoms with Crippen LogP contribution in [0.2, 0.25) is 0 Å². The van der Waals surface area contributed by atoms with Gasteiger partial charge in [-0.2, -0.15) is 13.2 Å². The molecule has 16 heavy (non-hydrogen) atoms. The molecule has 0 amide bonds. The third-order valence-corrected chi connectivity index (χ3v) is 2.34. The Morgan fingerprint density at radius 1 is 1.38 bits per heavy atom. The molecule has 1 rings (SSSR count). The molecule has 0 aliphatic carbocycles. The summed E-state index contributed by atoms with van der Waals surface area (Å²) in [7, 11) is 0. The van der Waals surface area contributed by atoms with E-state index in [2.05, 4.69) is 15.9 Å². The van der Waals surface area contributed by atoms with Crippen LogP contribution in [0.25, 0.3) is 0 Å². The van der Waals surface area contributed by atoms with Crippen LogP contribution in [0.5, 0.6) is 5.75 Å². The van der Waals surface area contributed by atoms with Gasteiger partial charge < -0.3 is 5.11 Å². The Hall–Kier alpha value is -1.04. The largest absolute Gasteiger partial charge is 0.507 e. The van der Waals surface area contributed by atoms with Gasteiger partial charge in [0.25, 0.3) is 0 Å². The Kier molecular flexibility index (Phi) is 3.96. The van der Waals surface area contributed by atoms with Gasteiger partial charge >= 0.3 is 6.18 Å². The second-order valence-electron chi connectivity index (χ2n) is 3.09. The first-order valence-electron chi connectivity index (χ1n) is 4.35. The maximum absolute atomic E-state index is 12.4. The number of rotatable bonds is 3. The lowest BCUT2D eigenvalue weighted by Gasteiger charge is -2.10. The Morgan fingerprint density at radius 2 is 2.00 bits per heavy atom. The molecule has 1 aromatic rings. The summed E-state index contributed by atoms with van der Waals surface area (Å²) < 4.78 is 37.2. The molecular formula is C10H8BrF3O2. The van der Waals surface area contributed by atoms with E-state index < -0.39 is 23.3 Å². The highest BCUT2D eigenvalue weighted by molar-refractivity contribution is 9.09. The minimum absolute atomic E-state index is 0.0513. The molecule has 0 fully saturated rings. The molecule has 2 nitrogen and oxygen atoms in total. The van der Waals surface area contributed by atoms with E-state index in [1.165, 1.54) is 6.07 Å². The molecular weight excluding hydrogens is 289 g/mol. The summed E-state index contributed by atoms with van der Waals surface area (Å²) in [5.41, 5.74) is -1.24. The van der Waals surface area contributed by atoms with E-state index in [-0.39, 0.29) is 12.0 Å². The van der Waals surface area contributed by atoms with Gasteiger partial charge in [-0.05, 0) is 18.2 Å². The average molecular weight is 297 g/mol. The maximum atomic E-state index is 12.4. The molecule has 88 valence electrons.